The first-order chi connectivity index (χ1) is 17.7. The van der Waals surface area contributed by atoms with Crippen molar-refractivity contribution in [2.75, 3.05) is 25.0 Å². The maximum Gasteiger partial charge on any atom is 0.250 e. The first-order valence-corrected chi connectivity index (χ1v) is 13.1. The van der Waals surface area contributed by atoms with Crippen LogP contribution in [0.2, 0.25) is 5.02 Å². The second kappa shape index (κ2) is 10.3. The average Bonchev–Trinajstić information content (AvgIpc) is 3.35. The lowest BCUT2D eigenvalue weighted by Gasteiger charge is -2.36. The Balaban J connectivity index is 1.64. The molecule has 37 heavy (non-hydrogen) atoms. The highest BCUT2D eigenvalue weighted by molar-refractivity contribution is 6.31. The first-order valence-electron chi connectivity index (χ1n) is 12.7. The Bertz CT molecular complexity index is 1340. The van der Waals surface area contributed by atoms with Crippen molar-refractivity contribution in [2.45, 2.75) is 45.7 Å². The summed E-state index contributed by atoms with van der Waals surface area (Å²) >= 11 is 6.42. The minimum atomic E-state index is -0.664. The number of likely N-dealkylation sites (N-methyl/N-ethyl adjacent to an activating group) is 1. The van der Waals surface area contributed by atoms with E-state index >= 15 is 4.39 Å². The zero-order valence-corrected chi connectivity index (χ0v) is 22.4. The highest BCUT2D eigenvalue weighted by atomic mass is 35.5. The maximum absolute atomic E-state index is 15.1. The minimum Gasteiger partial charge on any atom is -0.342 e. The number of amides is 1. The summed E-state index contributed by atoms with van der Waals surface area (Å²) in [5.74, 6) is -0.323. The summed E-state index contributed by atoms with van der Waals surface area (Å²) < 4.78 is 15.1. The number of carbonyl (C=O) groups is 1. The molecule has 192 valence electrons. The molecule has 0 radical (unpaired) electrons. The van der Waals surface area contributed by atoms with E-state index in [2.05, 4.69) is 5.32 Å². The number of benzene rings is 3. The highest BCUT2D eigenvalue weighted by Crippen LogP contribution is 2.42. The fourth-order valence-corrected chi connectivity index (χ4v) is 5.78. The Labute approximate surface area is 223 Å². The average molecular weight is 519 g/mol. The van der Waals surface area contributed by atoms with Gasteiger partial charge in [-0.05, 0) is 98.8 Å². The molecule has 0 saturated carbocycles. The quantitative estimate of drug-likeness (QED) is 0.419. The van der Waals surface area contributed by atoms with Crippen LogP contribution in [0.5, 0.6) is 0 Å². The molecule has 0 aromatic heterocycles. The Morgan fingerprint density at radius 2 is 1.97 bits per heavy atom. The van der Waals surface area contributed by atoms with E-state index in [-0.39, 0.29) is 17.8 Å². The van der Waals surface area contributed by atoms with E-state index in [9.17, 15) is 4.79 Å². The van der Waals surface area contributed by atoms with Crippen LogP contribution >= 0.6 is 11.6 Å². The molecular weight excluding hydrogens is 487 g/mol. The van der Waals surface area contributed by atoms with E-state index in [0.29, 0.717) is 17.1 Å². The van der Waals surface area contributed by atoms with Crippen LogP contribution in [0.4, 0.5) is 15.8 Å². The van der Waals surface area contributed by atoms with Crippen LogP contribution in [0.3, 0.4) is 0 Å². The largest absolute Gasteiger partial charge is 0.342 e. The molecule has 2 aliphatic heterocycles. The standard InChI is InChI=1S/C30H32ClFN4O/c1-18-11-21(31)14-23(12-18)36-17-34-27-13-20(3)24(28-19(2)7-5-9-26(28)32)15-25(27)29(36)30(37)35(4)16-22-8-6-10-33-22/h5,7,9,11-15,17,22,29,33H,6,8,10,16H2,1-4H3/t22-,29?/m0/s1. The number of aryl methyl sites for hydroxylation is 3. The van der Waals surface area contributed by atoms with E-state index in [1.54, 1.807) is 17.3 Å². The predicted molar refractivity (Wildman–Crippen MR) is 150 cm³/mol. The highest BCUT2D eigenvalue weighted by Gasteiger charge is 2.36. The van der Waals surface area contributed by atoms with Crippen molar-refractivity contribution < 1.29 is 9.18 Å². The van der Waals surface area contributed by atoms with Gasteiger partial charge < -0.3 is 15.1 Å². The Morgan fingerprint density at radius 3 is 2.68 bits per heavy atom. The number of hydrogen-bond acceptors (Lipinski definition) is 4. The summed E-state index contributed by atoms with van der Waals surface area (Å²) in [6, 6.07) is 14.3. The number of aliphatic imine (C=N–C) groups is 1. The predicted octanol–water partition coefficient (Wildman–Crippen LogP) is 6.50. The molecule has 5 nitrogen and oxygen atoms in total. The molecule has 5 rings (SSSR count). The fraction of sp³-hybridized carbons (Fsp3) is 0.333. The first kappa shape index (κ1) is 25.4. The van der Waals surface area contributed by atoms with Crippen molar-refractivity contribution >= 4 is 35.2 Å². The summed E-state index contributed by atoms with van der Waals surface area (Å²) in [4.78, 5) is 22.6. The number of nitrogens with one attached hydrogen (secondary N) is 1. The SMILES string of the molecule is Cc1cc(Cl)cc(N2C=Nc3cc(C)c(-c4c(C)cccc4F)cc3C2C(=O)N(C)C[C@@H]2CCCN2)c1. The van der Waals surface area contributed by atoms with Crippen molar-refractivity contribution in [2.24, 2.45) is 4.99 Å². The van der Waals surface area contributed by atoms with Gasteiger partial charge in [0.1, 0.15) is 11.9 Å². The lowest BCUT2D eigenvalue weighted by molar-refractivity contribution is -0.131. The second-order valence-corrected chi connectivity index (χ2v) is 10.6. The number of fused-ring (bicyclic) bond motifs is 1. The van der Waals surface area contributed by atoms with Crippen LogP contribution in [0, 0.1) is 26.6 Å². The number of nitrogens with zero attached hydrogens (tertiary/aromatic N) is 3. The smallest absolute Gasteiger partial charge is 0.250 e. The van der Waals surface area contributed by atoms with Crippen LogP contribution < -0.4 is 10.2 Å². The summed E-state index contributed by atoms with van der Waals surface area (Å²) in [6.45, 7) is 7.43. The number of rotatable bonds is 5. The van der Waals surface area contributed by atoms with E-state index in [4.69, 9.17) is 16.6 Å². The normalized spacial score (nSPS) is 18.7. The molecule has 1 fully saturated rings. The summed E-state index contributed by atoms with van der Waals surface area (Å²) in [7, 11) is 1.85. The van der Waals surface area contributed by atoms with Crippen LogP contribution in [0.25, 0.3) is 11.1 Å². The third-order valence-electron chi connectivity index (χ3n) is 7.35. The monoisotopic (exact) mass is 518 g/mol. The van der Waals surface area contributed by atoms with Crippen LogP contribution in [-0.2, 0) is 4.79 Å². The molecule has 0 spiro atoms. The molecule has 2 atom stereocenters. The molecule has 0 bridgehead atoms. The molecule has 1 amide bonds. The lowest BCUT2D eigenvalue weighted by Crippen LogP contribution is -2.46. The third kappa shape index (κ3) is 5.00. The molecule has 1 saturated heterocycles. The van der Waals surface area contributed by atoms with Gasteiger partial charge in [0.05, 0.1) is 12.0 Å². The molecular formula is C30H32ClFN4O. The van der Waals surface area contributed by atoms with Crippen LogP contribution in [-0.4, -0.2) is 43.3 Å². The van der Waals surface area contributed by atoms with Crippen molar-refractivity contribution in [3.05, 3.63) is 81.6 Å². The maximum atomic E-state index is 15.1. The Hall–Kier alpha value is -3.22. The number of anilines is 1. The summed E-state index contributed by atoms with van der Waals surface area (Å²) in [5.41, 5.74) is 6.32. The molecule has 2 aliphatic rings. The van der Waals surface area contributed by atoms with Gasteiger partial charge in [-0.1, -0.05) is 23.7 Å². The topological polar surface area (TPSA) is 47.9 Å². The number of hydrogen-bond donors (Lipinski definition) is 1. The summed E-state index contributed by atoms with van der Waals surface area (Å²) in [6.07, 6.45) is 3.88. The van der Waals surface area contributed by atoms with Gasteiger partial charge in [-0.3, -0.25) is 4.79 Å². The Morgan fingerprint density at radius 1 is 1.16 bits per heavy atom. The van der Waals surface area contributed by atoms with E-state index in [0.717, 1.165) is 58.6 Å². The molecule has 3 aromatic rings. The van der Waals surface area contributed by atoms with Gasteiger partial charge in [0.2, 0.25) is 5.91 Å². The number of carbonyl (C=O) groups excluding carboxylic acids is 1. The van der Waals surface area contributed by atoms with Crippen LogP contribution in [0.15, 0.2) is 53.5 Å². The molecule has 1 N–H and O–H groups in total. The molecule has 0 aliphatic carbocycles. The van der Waals surface area contributed by atoms with Crippen molar-refractivity contribution in [3.8, 4) is 11.1 Å². The zero-order chi connectivity index (χ0) is 26.3. The summed E-state index contributed by atoms with van der Waals surface area (Å²) in [5, 5.41) is 4.07. The van der Waals surface area contributed by atoms with Crippen molar-refractivity contribution in [3.63, 3.8) is 0 Å². The van der Waals surface area contributed by atoms with E-state index in [1.165, 1.54) is 6.07 Å². The van der Waals surface area contributed by atoms with E-state index in [1.807, 2.05) is 69.1 Å². The van der Waals surface area contributed by atoms with Crippen molar-refractivity contribution in [1.82, 2.24) is 10.2 Å². The third-order valence-corrected chi connectivity index (χ3v) is 7.57. The van der Waals surface area contributed by atoms with Gasteiger partial charge >= 0.3 is 0 Å². The Kier molecular flexibility index (Phi) is 7.06. The van der Waals surface area contributed by atoms with Crippen molar-refractivity contribution in [1.29, 1.82) is 0 Å². The second-order valence-electron chi connectivity index (χ2n) is 10.2. The van der Waals surface area contributed by atoms with Gasteiger partial charge in [0.25, 0.3) is 0 Å². The van der Waals surface area contributed by atoms with E-state index < -0.39 is 6.04 Å². The molecule has 7 heteroatoms. The van der Waals surface area contributed by atoms with Gasteiger partial charge in [-0.2, -0.15) is 0 Å². The lowest BCUT2D eigenvalue weighted by atomic mass is 9.90. The fourth-order valence-electron chi connectivity index (χ4n) is 5.50. The van der Waals surface area contributed by atoms with Gasteiger partial charge in [-0.15, -0.1) is 0 Å². The van der Waals surface area contributed by atoms with Crippen LogP contribution in [0.1, 0.15) is 41.1 Å². The molecule has 3 aromatic carbocycles. The van der Waals surface area contributed by atoms with Gasteiger partial charge in [-0.25, -0.2) is 9.38 Å². The number of halogens is 2. The van der Waals surface area contributed by atoms with Gasteiger partial charge in [0.15, 0.2) is 0 Å². The molecule has 2 heterocycles. The zero-order valence-electron chi connectivity index (χ0n) is 21.7. The van der Waals surface area contributed by atoms with Gasteiger partial charge in [0, 0.05) is 41.5 Å². The minimum absolute atomic E-state index is 0.0428. The molecule has 1 unspecified atom stereocenters.